The summed E-state index contributed by atoms with van der Waals surface area (Å²) in [7, 11) is 2.18. The molecule has 0 N–H and O–H groups in total. The Balaban J connectivity index is 1.96. The molecule has 0 bridgehead atoms. The Morgan fingerprint density at radius 1 is 1.17 bits per heavy atom. The first kappa shape index (κ1) is 14.7. The third-order valence-electron chi connectivity index (χ3n) is 4.92. The van der Waals surface area contributed by atoms with Crippen LogP contribution in [0.4, 0.5) is 0 Å². The summed E-state index contributed by atoms with van der Waals surface area (Å²) >= 11 is 6.27. The molecule has 3 nitrogen and oxygen atoms in total. The summed E-state index contributed by atoms with van der Waals surface area (Å²) in [4.78, 5) is 6.53. The van der Waals surface area contributed by atoms with Crippen LogP contribution in [0.3, 0.4) is 0 Å². The Labute approximate surface area is 141 Å². The summed E-state index contributed by atoms with van der Waals surface area (Å²) in [5.74, 6) is 0. The molecule has 1 aliphatic rings. The molecule has 23 heavy (non-hydrogen) atoms. The molecule has 1 aromatic carbocycles. The van der Waals surface area contributed by atoms with Crippen molar-refractivity contribution in [2.75, 3.05) is 13.6 Å². The van der Waals surface area contributed by atoms with Gasteiger partial charge in [0, 0.05) is 53.5 Å². The Morgan fingerprint density at radius 2 is 1.96 bits per heavy atom. The first-order valence-corrected chi connectivity index (χ1v) is 8.42. The summed E-state index contributed by atoms with van der Waals surface area (Å²) in [6.45, 7) is 4.35. The average Bonchev–Trinajstić information content (AvgIpc) is 2.88. The average molecular weight is 326 g/mol. The second-order valence-electron chi connectivity index (χ2n) is 6.40. The number of fused-ring (bicyclic) bond motifs is 3. The van der Waals surface area contributed by atoms with Crippen LogP contribution in [0.25, 0.3) is 10.9 Å². The number of aromatic nitrogens is 2. The van der Waals surface area contributed by atoms with Crippen molar-refractivity contribution in [3.05, 3.63) is 64.6 Å². The molecule has 1 aliphatic heterocycles. The molecular weight excluding hydrogens is 306 g/mol. The quantitative estimate of drug-likeness (QED) is 0.701. The van der Waals surface area contributed by atoms with Gasteiger partial charge in [0.25, 0.3) is 0 Å². The number of hydrogen-bond acceptors (Lipinski definition) is 2. The molecule has 0 fully saturated rings. The number of hydrogen-bond donors (Lipinski definition) is 0. The molecule has 0 saturated heterocycles. The van der Waals surface area contributed by atoms with E-state index in [1.807, 2.05) is 18.5 Å². The van der Waals surface area contributed by atoms with Crippen LogP contribution in [-0.2, 0) is 13.0 Å². The maximum absolute atomic E-state index is 6.27. The van der Waals surface area contributed by atoms with Crippen molar-refractivity contribution in [1.29, 1.82) is 0 Å². The molecule has 0 spiro atoms. The molecule has 3 aromatic rings. The summed E-state index contributed by atoms with van der Waals surface area (Å²) in [5, 5.41) is 2.10. The predicted octanol–water partition coefficient (Wildman–Crippen LogP) is 4.29. The number of nitrogens with zero attached hydrogens (tertiary/aromatic N) is 3. The lowest BCUT2D eigenvalue weighted by atomic mass is 10.0. The molecule has 1 unspecified atom stereocenters. The van der Waals surface area contributed by atoms with Crippen LogP contribution >= 0.6 is 11.6 Å². The Hall–Kier alpha value is -1.84. The molecule has 1 atom stereocenters. The molecule has 4 rings (SSSR count). The smallest absolute Gasteiger partial charge is 0.0561 e. The van der Waals surface area contributed by atoms with Gasteiger partial charge in [0.1, 0.15) is 0 Å². The molecule has 2 aromatic heterocycles. The Morgan fingerprint density at radius 3 is 2.74 bits per heavy atom. The molecule has 118 valence electrons. The van der Waals surface area contributed by atoms with E-state index in [4.69, 9.17) is 11.6 Å². The van der Waals surface area contributed by atoms with Gasteiger partial charge in [-0.2, -0.15) is 0 Å². The van der Waals surface area contributed by atoms with E-state index in [0.717, 1.165) is 24.5 Å². The van der Waals surface area contributed by atoms with Crippen molar-refractivity contribution >= 4 is 22.5 Å². The zero-order valence-corrected chi connectivity index (χ0v) is 14.2. The van der Waals surface area contributed by atoms with Crippen LogP contribution in [0.1, 0.15) is 29.8 Å². The van der Waals surface area contributed by atoms with E-state index in [2.05, 4.69) is 52.7 Å². The second kappa shape index (κ2) is 5.66. The van der Waals surface area contributed by atoms with Crippen LogP contribution in [0.5, 0.6) is 0 Å². The normalized spacial score (nSPS) is 16.5. The summed E-state index contributed by atoms with van der Waals surface area (Å²) < 4.78 is 2.49. The number of likely N-dealkylation sites (N-methyl/N-ethyl adjacent to an activating group) is 1. The molecule has 0 amide bonds. The SMILES string of the molecule is CC(c1ccncc1)n1c2c(c3cc(Cl)ccc31)CN(C)CC2. The van der Waals surface area contributed by atoms with Crippen LogP contribution in [0.15, 0.2) is 42.7 Å². The van der Waals surface area contributed by atoms with E-state index in [9.17, 15) is 0 Å². The first-order valence-electron chi connectivity index (χ1n) is 8.05. The Bertz CT molecular complexity index is 854. The lowest BCUT2D eigenvalue weighted by Gasteiger charge is -2.26. The minimum atomic E-state index is 0.286. The Kier molecular flexibility index (Phi) is 3.63. The van der Waals surface area contributed by atoms with E-state index in [1.165, 1.54) is 27.7 Å². The predicted molar refractivity (Wildman–Crippen MR) is 95.0 cm³/mol. The minimum Gasteiger partial charge on any atom is -0.337 e. The fourth-order valence-electron chi connectivity index (χ4n) is 3.73. The van der Waals surface area contributed by atoms with E-state index in [1.54, 1.807) is 0 Å². The van der Waals surface area contributed by atoms with Crippen molar-refractivity contribution in [3.8, 4) is 0 Å². The van der Waals surface area contributed by atoms with Gasteiger partial charge in [0.05, 0.1) is 6.04 Å². The van der Waals surface area contributed by atoms with Gasteiger partial charge in [0.15, 0.2) is 0 Å². The lowest BCUT2D eigenvalue weighted by molar-refractivity contribution is 0.308. The van der Waals surface area contributed by atoms with E-state index >= 15 is 0 Å². The van der Waals surface area contributed by atoms with E-state index < -0.39 is 0 Å². The van der Waals surface area contributed by atoms with Gasteiger partial charge in [-0.1, -0.05) is 11.6 Å². The maximum Gasteiger partial charge on any atom is 0.0561 e. The zero-order valence-electron chi connectivity index (χ0n) is 13.5. The van der Waals surface area contributed by atoms with Crippen molar-refractivity contribution in [1.82, 2.24) is 14.5 Å². The highest BCUT2D eigenvalue weighted by molar-refractivity contribution is 6.31. The fraction of sp³-hybridized carbons (Fsp3) is 0.316. The van der Waals surface area contributed by atoms with Gasteiger partial charge in [-0.3, -0.25) is 4.98 Å². The molecule has 3 heterocycles. The highest BCUT2D eigenvalue weighted by Crippen LogP contribution is 2.36. The molecular formula is C19H20ClN3. The minimum absolute atomic E-state index is 0.286. The standard InChI is InChI=1S/C19H20ClN3/c1-13(14-5-8-21-9-6-14)23-18-4-3-15(20)11-16(18)17-12-22(2)10-7-19(17)23/h3-6,8-9,11,13H,7,10,12H2,1-2H3. The van der Waals surface area contributed by atoms with Crippen LogP contribution in [-0.4, -0.2) is 28.0 Å². The van der Waals surface area contributed by atoms with Crippen LogP contribution in [0.2, 0.25) is 5.02 Å². The van der Waals surface area contributed by atoms with Crippen molar-refractivity contribution in [2.45, 2.75) is 25.9 Å². The van der Waals surface area contributed by atoms with Crippen molar-refractivity contribution < 1.29 is 0 Å². The monoisotopic (exact) mass is 325 g/mol. The van der Waals surface area contributed by atoms with Gasteiger partial charge in [-0.05, 0) is 55.4 Å². The highest BCUT2D eigenvalue weighted by atomic mass is 35.5. The summed E-state index contributed by atoms with van der Waals surface area (Å²) in [6, 6.07) is 10.8. The van der Waals surface area contributed by atoms with E-state index in [0.29, 0.717) is 0 Å². The highest BCUT2D eigenvalue weighted by Gasteiger charge is 2.25. The van der Waals surface area contributed by atoms with Crippen molar-refractivity contribution in [2.24, 2.45) is 0 Å². The van der Waals surface area contributed by atoms with Crippen molar-refractivity contribution in [3.63, 3.8) is 0 Å². The lowest BCUT2D eigenvalue weighted by Crippen LogP contribution is -2.27. The largest absolute Gasteiger partial charge is 0.337 e. The first-order chi connectivity index (χ1) is 11.1. The van der Waals surface area contributed by atoms with E-state index in [-0.39, 0.29) is 6.04 Å². The number of rotatable bonds is 2. The number of benzene rings is 1. The van der Waals surface area contributed by atoms with Crippen LogP contribution < -0.4 is 0 Å². The van der Waals surface area contributed by atoms with Gasteiger partial charge >= 0.3 is 0 Å². The second-order valence-corrected chi connectivity index (χ2v) is 6.84. The van der Waals surface area contributed by atoms with Gasteiger partial charge in [-0.25, -0.2) is 0 Å². The molecule has 0 saturated carbocycles. The van der Waals surface area contributed by atoms with Gasteiger partial charge in [-0.15, -0.1) is 0 Å². The fourth-order valence-corrected chi connectivity index (χ4v) is 3.91. The molecule has 0 aliphatic carbocycles. The maximum atomic E-state index is 6.27. The van der Waals surface area contributed by atoms with Gasteiger partial charge < -0.3 is 9.47 Å². The topological polar surface area (TPSA) is 21.1 Å². The van der Waals surface area contributed by atoms with Gasteiger partial charge in [0.2, 0.25) is 0 Å². The number of pyridine rings is 1. The molecule has 4 heteroatoms. The number of halogens is 1. The molecule has 0 radical (unpaired) electrons. The summed E-state index contributed by atoms with van der Waals surface area (Å²) in [6.07, 6.45) is 4.82. The zero-order chi connectivity index (χ0) is 16.0. The third-order valence-corrected chi connectivity index (χ3v) is 5.15. The summed E-state index contributed by atoms with van der Waals surface area (Å²) in [5.41, 5.74) is 5.44. The third kappa shape index (κ3) is 2.44. The van der Waals surface area contributed by atoms with Crippen LogP contribution in [0, 0.1) is 0 Å².